The van der Waals surface area contributed by atoms with Crippen molar-refractivity contribution in [2.75, 3.05) is 44.2 Å². The number of benzene rings is 1. The highest BCUT2D eigenvalue weighted by atomic mass is 35.5. The van der Waals surface area contributed by atoms with E-state index in [0.29, 0.717) is 6.10 Å². The minimum Gasteiger partial charge on any atom is -0.376 e. The summed E-state index contributed by atoms with van der Waals surface area (Å²) in [6.07, 6.45) is 3.67. The van der Waals surface area contributed by atoms with Crippen LogP contribution in [0.1, 0.15) is 19.3 Å². The lowest BCUT2D eigenvalue weighted by atomic mass is 10.2. The Morgan fingerprint density at radius 1 is 1.31 bits per heavy atom. The number of hydrogen-bond donors (Lipinski definition) is 1. The van der Waals surface area contributed by atoms with Gasteiger partial charge in [-0.3, -0.25) is 0 Å². The minimum absolute atomic E-state index is 0.311. The third-order valence-corrected chi connectivity index (χ3v) is 6.61. The van der Waals surface area contributed by atoms with Crippen LogP contribution in [0.3, 0.4) is 0 Å². The molecule has 2 aromatic rings. The third kappa shape index (κ3) is 4.22. The molecule has 0 spiro atoms. The highest BCUT2D eigenvalue weighted by Gasteiger charge is 2.21. The van der Waals surface area contributed by atoms with E-state index in [9.17, 15) is 0 Å². The summed E-state index contributed by atoms with van der Waals surface area (Å²) in [5.41, 5.74) is 1.02. The topological polar surface area (TPSA) is 40.6 Å². The van der Waals surface area contributed by atoms with Gasteiger partial charge in [-0.2, -0.15) is 0 Å². The van der Waals surface area contributed by atoms with Crippen LogP contribution < -0.4 is 10.2 Å². The van der Waals surface area contributed by atoms with Gasteiger partial charge in [0.2, 0.25) is 0 Å². The zero-order chi connectivity index (χ0) is 17.9. The zero-order valence-electron chi connectivity index (χ0n) is 14.6. The molecular formula is C18H23ClN4OS2. The highest BCUT2D eigenvalue weighted by Crippen LogP contribution is 2.31. The summed E-state index contributed by atoms with van der Waals surface area (Å²) in [7, 11) is 0. The Labute approximate surface area is 168 Å². The van der Waals surface area contributed by atoms with Crippen LogP contribution in [0.4, 0.5) is 5.13 Å². The summed E-state index contributed by atoms with van der Waals surface area (Å²) in [5, 5.41) is 6.07. The van der Waals surface area contributed by atoms with Gasteiger partial charge in [0.05, 0.1) is 16.3 Å². The highest BCUT2D eigenvalue weighted by molar-refractivity contribution is 7.80. The number of rotatable bonds is 3. The number of anilines is 1. The SMILES string of the molecule is S=C(NC[C@@H]1CCCO1)N1CCCN(c2nc3ccc(Cl)cc3s2)CC1. The fraction of sp³-hybridized carbons (Fsp3) is 0.556. The lowest BCUT2D eigenvalue weighted by Crippen LogP contribution is -2.44. The van der Waals surface area contributed by atoms with E-state index in [1.165, 1.54) is 0 Å². The number of halogens is 1. The van der Waals surface area contributed by atoms with Crippen LogP contribution in [-0.4, -0.2) is 60.4 Å². The second-order valence-corrected chi connectivity index (χ2v) is 8.59. The van der Waals surface area contributed by atoms with Crippen molar-refractivity contribution < 1.29 is 4.74 Å². The van der Waals surface area contributed by atoms with Crippen molar-refractivity contribution in [2.24, 2.45) is 0 Å². The average molecular weight is 411 g/mol. The van der Waals surface area contributed by atoms with E-state index in [1.54, 1.807) is 11.3 Å². The van der Waals surface area contributed by atoms with Gasteiger partial charge >= 0.3 is 0 Å². The Morgan fingerprint density at radius 3 is 3.08 bits per heavy atom. The molecule has 26 heavy (non-hydrogen) atoms. The Kier molecular flexibility index (Phi) is 5.78. The number of hydrogen-bond acceptors (Lipinski definition) is 5. The normalized spacial score (nSPS) is 21.2. The van der Waals surface area contributed by atoms with Gasteiger partial charge in [-0.15, -0.1) is 0 Å². The van der Waals surface area contributed by atoms with E-state index in [2.05, 4.69) is 15.1 Å². The van der Waals surface area contributed by atoms with Crippen molar-refractivity contribution in [3.05, 3.63) is 23.2 Å². The summed E-state index contributed by atoms with van der Waals surface area (Å²) >= 11 is 13.4. The predicted molar refractivity (Wildman–Crippen MR) is 113 cm³/mol. The minimum atomic E-state index is 0.311. The maximum absolute atomic E-state index is 6.10. The van der Waals surface area contributed by atoms with Gasteiger partial charge in [-0.25, -0.2) is 4.98 Å². The van der Waals surface area contributed by atoms with Crippen LogP contribution in [-0.2, 0) is 4.74 Å². The number of nitrogens with zero attached hydrogens (tertiary/aromatic N) is 3. The van der Waals surface area contributed by atoms with Crippen LogP contribution in [0, 0.1) is 0 Å². The zero-order valence-corrected chi connectivity index (χ0v) is 17.0. The number of fused-ring (bicyclic) bond motifs is 1. The van der Waals surface area contributed by atoms with Gasteiger partial charge in [0.15, 0.2) is 10.2 Å². The maximum atomic E-state index is 6.10. The molecule has 0 saturated carbocycles. The molecule has 1 N–H and O–H groups in total. The first-order valence-corrected chi connectivity index (χ1v) is 10.7. The summed E-state index contributed by atoms with van der Waals surface area (Å²) < 4.78 is 6.80. The number of thiazole rings is 1. The Morgan fingerprint density at radius 2 is 2.23 bits per heavy atom. The van der Waals surface area contributed by atoms with Crippen molar-refractivity contribution in [1.82, 2.24) is 15.2 Å². The fourth-order valence-electron chi connectivity index (χ4n) is 3.45. The van der Waals surface area contributed by atoms with E-state index in [-0.39, 0.29) is 0 Å². The van der Waals surface area contributed by atoms with E-state index in [4.69, 9.17) is 33.5 Å². The van der Waals surface area contributed by atoms with Crippen molar-refractivity contribution in [3.8, 4) is 0 Å². The van der Waals surface area contributed by atoms with E-state index in [1.807, 2.05) is 18.2 Å². The van der Waals surface area contributed by atoms with Crippen molar-refractivity contribution in [3.63, 3.8) is 0 Å². The molecule has 8 heteroatoms. The first-order valence-electron chi connectivity index (χ1n) is 9.14. The standard InChI is InChI=1S/C18H23ClN4OS2/c19-13-4-5-15-16(11-13)26-18(21-15)23-7-2-6-22(8-9-23)17(25)20-12-14-3-1-10-24-14/h4-5,11,14H,1-3,6-10,12H2,(H,20,25)/t14-/m0/s1. The molecule has 0 radical (unpaired) electrons. The van der Waals surface area contributed by atoms with Crippen LogP contribution in [0.15, 0.2) is 18.2 Å². The molecule has 1 atom stereocenters. The predicted octanol–water partition coefficient (Wildman–Crippen LogP) is 3.52. The second kappa shape index (κ2) is 8.25. The van der Waals surface area contributed by atoms with Gasteiger partial charge in [0, 0.05) is 44.4 Å². The molecular weight excluding hydrogens is 388 g/mol. The van der Waals surface area contributed by atoms with Gasteiger partial charge in [-0.05, 0) is 49.7 Å². The molecule has 0 unspecified atom stereocenters. The monoisotopic (exact) mass is 410 g/mol. The van der Waals surface area contributed by atoms with Crippen molar-refractivity contribution in [2.45, 2.75) is 25.4 Å². The van der Waals surface area contributed by atoms with Crippen LogP contribution in [0.25, 0.3) is 10.2 Å². The first kappa shape index (κ1) is 18.2. The molecule has 0 bridgehead atoms. The molecule has 5 nitrogen and oxygen atoms in total. The molecule has 2 saturated heterocycles. The van der Waals surface area contributed by atoms with E-state index >= 15 is 0 Å². The molecule has 1 aromatic carbocycles. The Balaban J connectivity index is 1.35. The van der Waals surface area contributed by atoms with Crippen molar-refractivity contribution in [1.29, 1.82) is 0 Å². The summed E-state index contributed by atoms with van der Waals surface area (Å²) in [5.74, 6) is 0. The number of thiocarbonyl (C=S) groups is 1. The van der Waals surface area contributed by atoms with Gasteiger partial charge in [0.25, 0.3) is 0 Å². The maximum Gasteiger partial charge on any atom is 0.186 e. The summed E-state index contributed by atoms with van der Waals surface area (Å²) in [4.78, 5) is 9.41. The Hall–Kier alpha value is -1.15. The largest absolute Gasteiger partial charge is 0.376 e. The molecule has 2 aliphatic heterocycles. The number of aromatic nitrogens is 1. The quantitative estimate of drug-likeness (QED) is 0.781. The van der Waals surface area contributed by atoms with E-state index < -0.39 is 0 Å². The van der Waals surface area contributed by atoms with Crippen LogP contribution in [0.5, 0.6) is 0 Å². The molecule has 0 aliphatic carbocycles. The van der Waals surface area contributed by atoms with Gasteiger partial charge in [-0.1, -0.05) is 22.9 Å². The fourth-order valence-corrected chi connectivity index (χ4v) is 5.01. The number of ether oxygens (including phenoxy) is 1. The van der Waals surface area contributed by atoms with Gasteiger partial charge in [0.1, 0.15) is 0 Å². The molecule has 4 rings (SSSR count). The lowest BCUT2D eigenvalue weighted by molar-refractivity contribution is 0.113. The lowest BCUT2D eigenvalue weighted by Gasteiger charge is -2.25. The molecule has 1 aromatic heterocycles. The molecule has 0 amide bonds. The summed E-state index contributed by atoms with van der Waals surface area (Å²) in [6.45, 7) is 5.51. The second-order valence-electron chi connectivity index (χ2n) is 6.76. The smallest absolute Gasteiger partial charge is 0.186 e. The van der Waals surface area contributed by atoms with Crippen molar-refractivity contribution >= 4 is 55.6 Å². The van der Waals surface area contributed by atoms with E-state index in [0.717, 1.165) is 84.1 Å². The number of nitrogens with one attached hydrogen (secondary N) is 1. The average Bonchev–Trinajstić information content (AvgIpc) is 3.23. The molecule has 3 heterocycles. The Bertz CT molecular complexity index is 778. The van der Waals surface area contributed by atoms with Gasteiger partial charge < -0.3 is 19.9 Å². The summed E-state index contributed by atoms with van der Waals surface area (Å²) in [6, 6.07) is 5.88. The van der Waals surface area contributed by atoms with Crippen LogP contribution >= 0.6 is 35.2 Å². The first-order chi connectivity index (χ1) is 12.7. The van der Waals surface area contributed by atoms with Crippen LogP contribution in [0.2, 0.25) is 5.02 Å². The third-order valence-electron chi connectivity index (χ3n) is 4.90. The molecule has 2 aliphatic rings. The molecule has 2 fully saturated rings. The molecule has 140 valence electrons.